The van der Waals surface area contributed by atoms with Crippen LogP contribution in [0.5, 0.6) is 0 Å². The molecule has 1 saturated heterocycles. The number of nitrogens with one attached hydrogen (secondary N) is 1. The van der Waals surface area contributed by atoms with Crippen molar-refractivity contribution in [3.05, 3.63) is 0 Å². The maximum absolute atomic E-state index is 12.2. The molecule has 1 saturated carbocycles. The van der Waals surface area contributed by atoms with Gasteiger partial charge in [0.15, 0.2) is 0 Å². The second-order valence-corrected chi connectivity index (χ2v) is 7.05. The number of aliphatic hydroxyl groups excluding tert-OH is 1. The van der Waals surface area contributed by atoms with Gasteiger partial charge in [-0.1, -0.05) is 26.2 Å². The zero-order valence-corrected chi connectivity index (χ0v) is 13.7. The van der Waals surface area contributed by atoms with E-state index in [-0.39, 0.29) is 12.1 Å². The standard InChI is InChI=1S/C17H32N2O2/c1-3-14-4-6-15(7-5-14)12-18-17(21)19-10-8-16(9-11-19)13(2)20/h13-16,20H,3-12H2,1-2H3,(H,18,21). The number of amides is 2. The van der Waals surface area contributed by atoms with E-state index in [2.05, 4.69) is 12.2 Å². The van der Waals surface area contributed by atoms with Crippen LogP contribution in [0.25, 0.3) is 0 Å². The van der Waals surface area contributed by atoms with Gasteiger partial charge in [0, 0.05) is 19.6 Å². The Labute approximate surface area is 129 Å². The van der Waals surface area contributed by atoms with Gasteiger partial charge in [-0.15, -0.1) is 0 Å². The summed E-state index contributed by atoms with van der Waals surface area (Å²) in [6, 6.07) is 0.0941. The van der Waals surface area contributed by atoms with Crippen molar-refractivity contribution in [2.24, 2.45) is 17.8 Å². The second-order valence-electron chi connectivity index (χ2n) is 7.05. The monoisotopic (exact) mass is 296 g/mol. The average Bonchev–Trinajstić information content (AvgIpc) is 2.53. The van der Waals surface area contributed by atoms with Crippen LogP contribution in [0.2, 0.25) is 0 Å². The van der Waals surface area contributed by atoms with E-state index in [0.717, 1.165) is 38.4 Å². The zero-order valence-electron chi connectivity index (χ0n) is 13.7. The van der Waals surface area contributed by atoms with Crippen LogP contribution in [0.4, 0.5) is 4.79 Å². The lowest BCUT2D eigenvalue weighted by Gasteiger charge is -2.34. The molecule has 1 unspecified atom stereocenters. The number of aliphatic hydroxyl groups is 1. The van der Waals surface area contributed by atoms with E-state index in [1.165, 1.54) is 32.1 Å². The summed E-state index contributed by atoms with van der Waals surface area (Å²) in [6.45, 7) is 6.54. The molecule has 2 fully saturated rings. The summed E-state index contributed by atoms with van der Waals surface area (Å²) in [5, 5.41) is 12.7. The van der Waals surface area contributed by atoms with Crippen molar-refractivity contribution in [2.75, 3.05) is 19.6 Å². The fourth-order valence-corrected chi connectivity index (χ4v) is 3.77. The predicted octanol–water partition coefficient (Wildman–Crippen LogP) is 3.01. The zero-order chi connectivity index (χ0) is 15.2. The molecule has 1 heterocycles. The number of hydrogen-bond acceptors (Lipinski definition) is 2. The van der Waals surface area contributed by atoms with E-state index in [0.29, 0.717) is 11.8 Å². The Morgan fingerprint density at radius 3 is 2.24 bits per heavy atom. The molecule has 122 valence electrons. The number of nitrogens with zero attached hydrogens (tertiary/aromatic N) is 1. The molecule has 0 bridgehead atoms. The van der Waals surface area contributed by atoms with E-state index in [1.54, 1.807) is 0 Å². The molecule has 0 radical (unpaired) electrons. The summed E-state index contributed by atoms with van der Waals surface area (Å²) >= 11 is 0. The molecule has 0 aromatic carbocycles. The number of urea groups is 1. The third kappa shape index (κ3) is 4.87. The molecule has 0 aromatic rings. The topological polar surface area (TPSA) is 52.6 Å². The minimum atomic E-state index is -0.246. The highest BCUT2D eigenvalue weighted by atomic mass is 16.3. The third-order valence-electron chi connectivity index (χ3n) is 5.59. The highest BCUT2D eigenvalue weighted by Crippen LogP contribution is 2.30. The van der Waals surface area contributed by atoms with E-state index in [9.17, 15) is 9.90 Å². The highest BCUT2D eigenvalue weighted by Gasteiger charge is 2.26. The number of hydrogen-bond donors (Lipinski definition) is 2. The average molecular weight is 296 g/mol. The van der Waals surface area contributed by atoms with Gasteiger partial charge in [-0.2, -0.15) is 0 Å². The third-order valence-corrected chi connectivity index (χ3v) is 5.59. The van der Waals surface area contributed by atoms with Crippen LogP contribution >= 0.6 is 0 Å². The van der Waals surface area contributed by atoms with Crippen LogP contribution in [-0.2, 0) is 0 Å². The first-order valence-corrected chi connectivity index (χ1v) is 8.81. The molecule has 4 heteroatoms. The van der Waals surface area contributed by atoms with Crippen molar-refractivity contribution in [3.63, 3.8) is 0 Å². The smallest absolute Gasteiger partial charge is 0.317 e. The first kappa shape index (κ1) is 16.6. The Kier molecular flexibility index (Phi) is 6.34. The molecule has 2 rings (SSSR count). The quantitative estimate of drug-likeness (QED) is 0.838. The molecule has 2 aliphatic rings. The van der Waals surface area contributed by atoms with Crippen LogP contribution in [0.15, 0.2) is 0 Å². The number of carbonyl (C=O) groups is 1. The summed E-state index contributed by atoms with van der Waals surface area (Å²) in [5.41, 5.74) is 0. The molecule has 1 aliphatic heterocycles. The van der Waals surface area contributed by atoms with Gasteiger partial charge in [-0.3, -0.25) is 0 Å². The molecule has 1 atom stereocenters. The SMILES string of the molecule is CCC1CCC(CNC(=O)N2CCC(C(C)O)CC2)CC1. The van der Waals surface area contributed by atoms with E-state index < -0.39 is 0 Å². The van der Waals surface area contributed by atoms with Crippen LogP contribution < -0.4 is 5.32 Å². The lowest BCUT2D eigenvalue weighted by Crippen LogP contribution is -2.47. The molecule has 2 N–H and O–H groups in total. The van der Waals surface area contributed by atoms with E-state index in [4.69, 9.17) is 0 Å². The van der Waals surface area contributed by atoms with E-state index in [1.807, 2.05) is 11.8 Å². The Bertz CT molecular complexity index is 317. The van der Waals surface area contributed by atoms with Crippen molar-refractivity contribution in [1.29, 1.82) is 0 Å². The Hall–Kier alpha value is -0.770. The van der Waals surface area contributed by atoms with Gasteiger partial charge in [0.1, 0.15) is 0 Å². The molecular formula is C17H32N2O2. The van der Waals surface area contributed by atoms with Crippen LogP contribution in [0, 0.1) is 17.8 Å². The molecule has 4 nitrogen and oxygen atoms in total. The number of piperidine rings is 1. The highest BCUT2D eigenvalue weighted by molar-refractivity contribution is 5.74. The Morgan fingerprint density at radius 2 is 1.71 bits per heavy atom. The molecule has 21 heavy (non-hydrogen) atoms. The molecule has 2 amide bonds. The summed E-state index contributed by atoms with van der Waals surface area (Å²) in [6.07, 6.45) is 8.10. The number of rotatable bonds is 4. The fourth-order valence-electron chi connectivity index (χ4n) is 3.77. The maximum atomic E-state index is 12.2. The lowest BCUT2D eigenvalue weighted by molar-refractivity contribution is 0.0795. The van der Waals surface area contributed by atoms with Gasteiger partial charge in [-0.25, -0.2) is 4.79 Å². The van der Waals surface area contributed by atoms with Crippen molar-refractivity contribution in [2.45, 2.75) is 64.9 Å². The Balaban J connectivity index is 1.64. The summed E-state index contributed by atoms with van der Waals surface area (Å²) in [5.74, 6) is 1.95. The van der Waals surface area contributed by atoms with Crippen molar-refractivity contribution < 1.29 is 9.90 Å². The molecule has 1 aliphatic carbocycles. The molecule has 0 aromatic heterocycles. The van der Waals surface area contributed by atoms with Gasteiger partial charge in [-0.05, 0) is 50.4 Å². The normalized spacial score (nSPS) is 29.2. The number of carbonyl (C=O) groups excluding carboxylic acids is 1. The van der Waals surface area contributed by atoms with Gasteiger partial charge in [0.25, 0.3) is 0 Å². The van der Waals surface area contributed by atoms with Gasteiger partial charge < -0.3 is 15.3 Å². The van der Waals surface area contributed by atoms with Crippen LogP contribution in [0.1, 0.15) is 58.8 Å². The predicted molar refractivity (Wildman–Crippen MR) is 85.1 cm³/mol. The summed E-state index contributed by atoms with van der Waals surface area (Å²) in [4.78, 5) is 14.1. The van der Waals surface area contributed by atoms with Crippen molar-refractivity contribution in [3.8, 4) is 0 Å². The van der Waals surface area contributed by atoms with Crippen molar-refractivity contribution >= 4 is 6.03 Å². The van der Waals surface area contributed by atoms with Gasteiger partial charge >= 0.3 is 6.03 Å². The van der Waals surface area contributed by atoms with Crippen LogP contribution in [0.3, 0.4) is 0 Å². The Morgan fingerprint density at radius 1 is 1.14 bits per heavy atom. The second kappa shape index (κ2) is 8.02. The van der Waals surface area contributed by atoms with Gasteiger partial charge in [0.05, 0.1) is 6.10 Å². The minimum Gasteiger partial charge on any atom is -0.393 e. The van der Waals surface area contributed by atoms with Crippen molar-refractivity contribution in [1.82, 2.24) is 10.2 Å². The van der Waals surface area contributed by atoms with Crippen LogP contribution in [-0.4, -0.2) is 41.8 Å². The lowest BCUT2D eigenvalue weighted by atomic mass is 9.81. The first-order chi connectivity index (χ1) is 10.1. The fraction of sp³-hybridized carbons (Fsp3) is 0.941. The molecular weight excluding hydrogens is 264 g/mol. The van der Waals surface area contributed by atoms with Gasteiger partial charge in [0.2, 0.25) is 0 Å². The largest absolute Gasteiger partial charge is 0.393 e. The maximum Gasteiger partial charge on any atom is 0.317 e. The summed E-state index contributed by atoms with van der Waals surface area (Å²) in [7, 11) is 0. The minimum absolute atomic E-state index is 0.0941. The van der Waals surface area contributed by atoms with E-state index >= 15 is 0 Å². The summed E-state index contributed by atoms with van der Waals surface area (Å²) < 4.78 is 0. The first-order valence-electron chi connectivity index (χ1n) is 8.81. The molecule has 0 spiro atoms. The number of likely N-dealkylation sites (tertiary alicyclic amines) is 1.